The number of pyridine rings is 1. The molecular formula is C23H19BrN4O2S. The van der Waals surface area contributed by atoms with Crippen LogP contribution in [0.4, 0.5) is 0 Å². The molecule has 2 aromatic heterocycles. The van der Waals surface area contributed by atoms with E-state index in [-0.39, 0.29) is 0 Å². The fourth-order valence-corrected chi connectivity index (χ4v) is 4.95. The molecule has 156 valence electrons. The van der Waals surface area contributed by atoms with Crippen LogP contribution in [-0.2, 0) is 12.3 Å². The molecule has 1 aliphatic rings. The Morgan fingerprint density at radius 3 is 2.55 bits per heavy atom. The number of ether oxygens (including phenoxy) is 2. The van der Waals surface area contributed by atoms with Crippen LogP contribution in [0.15, 0.2) is 76.6 Å². The SMILES string of the molecule is Brc1cc2c(cc1CSc1nnc(-c3cccnc3)n1Cc1ccccc1)OCCO2. The fourth-order valence-electron chi connectivity index (χ4n) is 3.37. The van der Waals surface area contributed by atoms with E-state index in [0.29, 0.717) is 19.8 Å². The van der Waals surface area contributed by atoms with Gasteiger partial charge in [0.1, 0.15) is 13.2 Å². The summed E-state index contributed by atoms with van der Waals surface area (Å²) in [5.41, 5.74) is 3.25. The summed E-state index contributed by atoms with van der Waals surface area (Å²) in [6.45, 7) is 1.83. The lowest BCUT2D eigenvalue weighted by Crippen LogP contribution is -2.15. The molecule has 2 aromatic carbocycles. The maximum atomic E-state index is 5.74. The summed E-state index contributed by atoms with van der Waals surface area (Å²) in [6, 6.07) is 18.3. The van der Waals surface area contributed by atoms with Gasteiger partial charge in [0, 0.05) is 28.2 Å². The van der Waals surface area contributed by atoms with E-state index in [1.807, 2.05) is 48.7 Å². The highest BCUT2D eigenvalue weighted by Crippen LogP contribution is 2.38. The number of halogens is 1. The van der Waals surface area contributed by atoms with Gasteiger partial charge in [0.2, 0.25) is 0 Å². The minimum atomic E-state index is 0.571. The third-order valence-electron chi connectivity index (χ3n) is 4.89. The van der Waals surface area contributed by atoms with Gasteiger partial charge in [-0.15, -0.1) is 10.2 Å². The summed E-state index contributed by atoms with van der Waals surface area (Å²) in [7, 11) is 0. The minimum Gasteiger partial charge on any atom is -0.486 e. The summed E-state index contributed by atoms with van der Waals surface area (Å²) < 4.78 is 14.5. The van der Waals surface area contributed by atoms with Crippen molar-refractivity contribution in [2.75, 3.05) is 13.2 Å². The molecule has 0 unspecified atom stereocenters. The highest BCUT2D eigenvalue weighted by molar-refractivity contribution is 9.10. The van der Waals surface area contributed by atoms with Gasteiger partial charge in [0.15, 0.2) is 22.5 Å². The molecule has 3 heterocycles. The van der Waals surface area contributed by atoms with Crippen molar-refractivity contribution < 1.29 is 9.47 Å². The van der Waals surface area contributed by atoms with E-state index in [1.54, 1.807) is 18.0 Å². The van der Waals surface area contributed by atoms with Gasteiger partial charge in [-0.3, -0.25) is 9.55 Å². The van der Waals surface area contributed by atoms with Gasteiger partial charge in [-0.05, 0) is 35.4 Å². The largest absolute Gasteiger partial charge is 0.486 e. The van der Waals surface area contributed by atoms with E-state index in [9.17, 15) is 0 Å². The van der Waals surface area contributed by atoms with Gasteiger partial charge in [0.05, 0.1) is 6.54 Å². The Morgan fingerprint density at radius 2 is 1.77 bits per heavy atom. The van der Waals surface area contributed by atoms with Gasteiger partial charge in [-0.2, -0.15) is 0 Å². The molecule has 0 spiro atoms. The van der Waals surface area contributed by atoms with Crippen molar-refractivity contribution in [3.05, 3.63) is 82.6 Å². The quantitative estimate of drug-likeness (QED) is 0.342. The number of thioether (sulfide) groups is 1. The van der Waals surface area contributed by atoms with E-state index in [1.165, 1.54) is 5.56 Å². The lowest BCUT2D eigenvalue weighted by atomic mass is 10.2. The number of nitrogens with zero attached hydrogens (tertiary/aromatic N) is 4. The number of hydrogen-bond donors (Lipinski definition) is 0. The molecule has 6 nitrogen and oxygen atoms in total. The highest BCUT2D eigenvalue weighted by Gasteiger charge is 2.18. The fraction of sp³-hybridized carbons (Fsp3) is 0.174. The third kappa shape index (κ3) is 4.45. The van der Waals surface area contributed by atoms with Crippen molar-refractivity contribution in [2.24, 2.45) is 0 Å². The first kappa shape index (κ1) is 20.1. The summed E-state index contributed by atoms with van der Waals surface area (Å²) >= 11 is 5.31. The molecule has 0 radical (unpaired) electrons. The Hall–Kier alpha value is -2.84. The van der Waals surface area contributed by atoms with Crippen molar-refractivity contribution in [3.63, 3.8) is 0 Å². The Kier molecular flexibility index (Phi) is 5.90. The maximum Gasteiger partial charge on any atom is 0.192 e. The second-order valence-electron chi connectivity index (χ2n) is 7.00. The number of hydrogen-bond acceptors (Lipinski definition) is 6. The van der Waals surface area contributed by atoms with Crippen molar-refractivity contribution in [1.82, 2.24) is 19.7 Å². The highest BCUT2D eigenvalue weighted by atomic mass is 79.9. The molecule has 0 fully saturated rings. The van der Waals surface area contributed by atoms with E-state index in [0.717, 1.165) is 43.8 Å². The standard InChI is InChI=1S/C23H19BrN4O2S/c24-19-12-21-20(29-9-10-30-21)11-18(19)15-31-23-27-26-22(17-7-4-8-25-13-17)28(23)14-16-5-2-1-3-6-16/h1-8,11-13H,9-10,14-15H2. The predicted octanol–water partition coefficient (Wildman–Crippen LogP) is 5.21. The third-order valence-corrected chi connectivity index (χ3v) is 6.64. The monoisotopic (exact) mass is 494 g/mol. The summed E-state index contributed by atoms with van der Waals surface area (Å²) in [5, 5.41) is 9.83. The van der Waals surface area contributed by atoms with E-state index in [4.69, 9.17) is 9.47 Å². The molecule has 1 aliphatic heterocycles. The first-order valence-corrected chi connectivity index (χ1v) is 11.6. The van der Waals surface area contributed by atoms with Gasteiger partial charge in [-0.25, -0.2) is 0 Å². The summed E-state index contributed by atoms with van der Waals surface area (Å²) in [5.74, 6) is 3.09. The van der Waals surface area contributed by atoms with Crippen LogP contribution in [0.2, 0.25) is 0 Å². The number of rotatable bonds is 6. The number of fused-ring (bicyclic) bond motifs is 1. The second-order valence-corrected chi connectivity index (χ2v) is 8.79. The topological polar surface area (TPSA) is 62.1 Å². The zero-order valence-electron chi connectivity index (χ0n) is 16.6. The first-order chi connectivity index (χ1) is 15.3. The maximum absolute atomic E-state index is 5.74. The van der Waals surface area contributed by atoms with Crippen LogP contribution in [0.1, 0.15) is 11.1 Å². The van der Waals surface area contributed by atoms with Crippen molar-refractivity contribution in [1.29, 1.82) is 0 Å². The zero-order valence-corrected chi connectivity index (χ0v) is 19.0. The molecule has 8 heteroatoms. The molecule has 0 amide bonds. The Bertz CT molecular complexity index is 1190. The molecule has 0 saturated carbocycles. The second kappa shape index (κ2) is 9.11. The smallest absolute Gasteiger partial charge is 0.192 e. The van der Waals surface area contributed by atoms with E-state index in [2.05, 4.69) is 47.8 Å². The van der Waals surface area contributed by atoms with Crippen LogP contribution in [0.5, 0.6) is 11.5 Å². The molecule has 0 aliphatic carbocycles. The van der Waals surface area contributed by atoms with Crippen LogP contribution in [0.3, 0.4) is 0 Å². The molecule has 0 bridgehead atoms. The predicted molar refractivity (Wildman–Crippen MR) is 123 cm³/mol. The van der Waals surface area contributed by atoms with Gasteiger partial charge < -0.3 is 9.47 Å². The average molecular weight is 495 g/mol. The molecule has 4 aromatic rings. The molecular weight excluding hydrogens is 476 g/mol. The van der Waals surface area contributed by atoms with Crippen LogP contribution in [0, 0.1) is 0 Å². The molecule has 0 N–H and O–H groups in total. The first-order valence-electron chi connectivity index (χ1n) is 9.86. The van der Waals surface area contributed by atoms with Gasteiger partial charge >= 0.3 is 0 Å². The normalized spacial score (nSPS) is 12.7. The Balaban J connectivity index is 1.44. The van der Waals surface area contributed by atoms with Crippen molar-refractivity contribution in [2.45, 2.75) is 17.5 Å². The van der Waals surface area contributed by atoms with Gasteiger partial charge in [0.25, 0.3) is 0 Å². The Labute approximate surface area is 192 Å². The lowest BCUT2D eigenvalue weighted by molar-refractivity contribution is 0.171. The van der Waals surface area contributed by atoms with Crippen molar-refractivity contribution >= 4 is 27.7 Å². The average Bonchev–Trinajstić information content (AvgIpc) is 3.21. The Morgan fingerprint density at radius 1 is 0.968 bits per heavy atom. The van der Waals surface area contributed by atoms with Crippen LogP contribution in [-0.4, -0.2) is 33.0 Å². The lowest BCUT2D eigenvalue weighted by Gasteiger charge is -2.19. The van der Waals surface area contributed by atoms with Crippen molar-refractivity contribution in [3.8, 4) is 22.9 Å². The van der Waals surface area contributed by atoms with E-state index < -0.39 is 0 Å². The van der Waals surface area contributed by atoms with Crippen LogP contribution >= 0.6 is 27.7 Å². The number of benzene rings is 2. The zero-order chi connectivity index (χ0) is 21.0. The van der Waals surface area contributed by atoms with Crippen LogP contribution < -0.4 is 9.47 Å². The molecule has 0 atom stereocenters. The van der Waals surface area contributed by atoms with Gasteiger partial charge in [-0.1, -0.05) is 58.0 Å². The van der Waals surface area contributed by atoms with Crippen LogP contribution in [0.25, 0.3) is 11.4 Å². The summed E-state index contributed by atoms with van der Waals surface area (Å²) in [6.07, 6.45) is 3.58. The minimum absolute atomic E-state index is 0.571. The molecule has 31 heavy (non-hydrogen) atoms. The summed E-state index contributed by atoms with van der Waals surface area (Å²) in [4.78, 5) is 4.24. The van der Waals surface area contributed by atoms with E-state index >= 15 is 0 Å². The molecule has 0 saturated heterocycles. The molecule has 5 rings (SSSR count). The number of aromatic nitrogens is 4.